The number of carbonyl (C=O) groups is 1. The van der Waals surface area contributed by atoms with Crippen molar-refractivity contribution in [1.82, 2.24) is 9.80 Å². The second-order valence-corrected chi connectivity index (χ2v) is 7.27. The highest BCUT2D eigenvalue weighted by atomic mass is 35.5. The van der Waals surface area contributed by atoms with Crippen LogP contribution in [0.4, 0.5) is 5.69 Å². The Morgan fingerprint density at radius 1 is 1.04 bits per heavy atom. The number of hydrogen-bond acceptors (Lipinski definition) is 3. The summed E-state index contributed by atoms with van der Waals surface area (Å²) in [5.74, 6) is -0.0551. The van der Waals surface area contributed by atoms with E-state index in [0.717, 1.165) is 49.5 Å². The van der Waals surface area contributed by atoms with E-state index >= 15 is 0 Å². The molecule has 138 valence electrons. The number of benzene rings is 2. The maximum absolute atomic E-state index is 12.3. The Hall–Kier alpha value is -2.56. The molecule has 0 saturated carbocycles. The number of halogens is 1. The minimum Gasteiger partial charge on any atom is -0.374 e. The summed E-state index contributed by atoms with van der Waals surface area (Å²) >= 11 is 6.02. The number of hydrogen-bond donors (Lipinski definition) is 1. The molecule has 1 fully saturated rings. The van der Waals surface area contributed by atoms with Crippen LogP contribution in [0.25, 0.3) is 11.6 Å². The molecule has 2 aromatic carbocycles. The summed E-state index contributed by atoms with van der Waals surface area (Å²) < 4.78 is 0. The second-order valence-electron chi connectivity index (χ2n) is 6.84. The predicted octanol–water partition coefficient (Wildman–Crippen LogP) is 3.96. The number of carbonyl (C=O) groups excluding carboxylic acids is 1. The van der Waals surface area contributed by atoms with Gasteiger partial charge in [-0.25, -0.2) is 0 Å². The van der Waals surface area contributed by atoms with Crippen molar-refractivity contribution < 1.29 is 4.79 Å². The molecule has 2 heterocycles. The van der Waals surface area contributed by atoms with Crippen molar-refractivity contribution in [1.29, 1.82) is 0 Å². The van der Waals surface area contributed by atoms with Crippen LogP contribution in [0.1, 0.15) is 11.1 Å². The lowest BCUT2D eigenvalue weighted by Gasteiger charge is -2.33. The van der Waals surface area contributed by atoms with Crippen molar-refractivity contribution in [2.24, 2.45) is 0 Å². The number of anilines is 1. The molecule has 1 N–H and O–H groups in total. The third kappa shape index (κ3) is 4.24. The third-order valence-corrected chi connectivity index (χ3v) is 5.19. The largest absolute Gasteiger partial charge is 0.374 e. The van der Waals surface area contributed by atoms with Crippen LogP contribution in [0.15, 0.2) is 60.8 Å². The van der Waals surface area contributed by atoms with Crippen LogP contribution in [0.3, 0.4) is 0 Å². The first-order valence-corrected chi connectivity index (χ1v) is 9.58. The van der Waals surface area contributed by atoms with Crippen LogP contribution >= 0.6 is 11.6 Å². The molecule has 2 aliphatic heterocycles. The van der Waals surface area contributed by atoms with E-state index in [1.165, 1.54) is 5.56 Å². The molecule has 0 aliphatic carbocycles. The Morgan fingerprint density at radius 2 is 1.81 bits per heavy atom. The molecule has 4 rings (SSSR count). The summed E-state index contributed by atoms with van der Waals surface area (Å²) in [4.78, 5) is 16.9. The monoisotopic (exact) mass is 379 g/mol. The Morgan fingerprint density at radius 3 is 2.59 bits per heavy atom. The number of fused-ring (bicyclic) bond motifs is 1. The van der Waals surface area contributed by atoms with Gasteiger partial charge in [0.1, 0.15) is 0 Å². The molecule has 0 spiro atoms. The maximum atomic E-state index is 12.3. The zero-order chi connectivity index (χ0) is 18.6. The summed E-state index contributed by atoms with van der Waals surface area (Å²) in [6.07, 6.45) is 6.37. The summed E-state index contributed by atoms with van der Waals surface area (Å²) in [5.41, 5.74) is 3.67. The van der Waals surface area contributed by atoms with Gasteiger partial charge in [-0.05, 0) is 17.7 Å². The van der Waals surface area contributed by atoms with Gasteiger partial charge >= 0.3 is 0 Å². The Labute approximate surface area is 164 Å². The van der Waals surface area contributed by atoms with Crippen LogP contribution in [-0.2, 0) is 4.79 Å². The van der Waals surface area contributed by atoms with Gasteiger partial charge in [0.15, 0.2) is 0 Å². The van der Waals surface area contributed by atoms with Gasteiger partial charge in [-0.1, -0.05) is 60.2 Å². The van der Waals surface area contributed by atoms with Crippen LogP contribution in [-0.4, -0.2) is 48.4 Å². The van der Waals surface area contributed by atoms with Gasteiger partial charge in [-0.15, -0.1) is 0 Å². The quantitative estimate of drug-likeness (QED) is 0.816. The molecule has 2 aromatic rings. The average molecular weight is 380 g/mol. The van der Waals surface area contributed by atoms with E-state index in [2.05, 4.69) is 51.5 Å². The molecular weight excluding hydrogens is 358 g/mol. The second kappa shape index (κ2) is 7.99. The molecule has 0 radical (unpaired) electrons. The predicted molar refractivity (Wildman–Crippen MR) is 112 cm³/mol. The van der Waals surface area contributed by atoms with Gasteiger partial charge in [0.05, 0.1) is 11.3 Å². The number of nitrogens with one attached hydrogen (secondary N) is 1. The van der Waals surface area contributed by atoms with Crippen molar-refractivity contribution >= 4 is 34.8 Å². The lowest BCUT2D eigenvalue weighted by Crippen LogP contribution is -2.44. The standard InChI is InChI=1S/C22H22ClN3O/c23-18-8-9-19-20(22(27)24-21(19)15-18)16-26-13-11-25(12-14-26)10-4-7-17-5-2-1-3-6-17/h1-9,15-16H,10-14H2,(H,24,27)/b7-4+,20-16+. The summed E-state index contributed by atoms with van der Waals surface area (Å²) in [5, 5.41) is 3.52. The van der Waals surface area contributed by atoms with Gasteiger partial charge in [0, 0.05) is 49.5 Å². The minimum atomic E-state index is -0.0551. The highest BCUT2D eigenvalue weighted by Gasteiger charge is 2.25. The SMILES string of the molecule is O=C1Nc2cc(Cl)ccc2/C1=C\N1CCN(C/C=C/c2ccccc2)CC1. The zero-order valence-corrected chi connectivity index (χ0v) is 15.8. The van der Waals surface area contributed by atoms with Gasteiger partial charge in [0.2, 0.25) is 0 Å². The molecule has 2 aliphatic rings. The fourth-order valence-electron chi connectivity index (χ4n) is 3.45. The van der Waals surface area contributed by atoms with E-state index in [0.29, 0.717) is 5.02 Å². The molecule has 0 bridgehead atoms. The first kappa shape index (κ1) is 17.8. The minimum absolute atomic E-state index is 0.0551. The van der Waals surface area contributed by atoms with Crippen LogP contribution in [0.5, 0.6) is 0 Å². The molecular formula is C22H22ClN3O. The van der Waals surface area contributed by atoms with Gasteiger partial charge in [-0.2, -0.15) is 0 Å². The fourth-order valence-corrected chi connectivity index (χ4v) is 3.63. The van der Waals surface area contributed by atoms with Crippen LogP contribution in [0.2, 0.25) is 5.02 Å². The summed E-state index contributed by atoms with van der Waals surface area (Å²) in [6, 6.07) is 15.9. The van der Waals surface area contributed by atoms with Gasteiger partial charge in [0.25, 0.3) is 5.91 Å². The molecule has 4 nitrogen and oxygen atoms in total. The lowest BCUT2D eigenvalue weighted by atomic mass is 10.1. The smallest absolute Gasteiger partial charge is 0.257 e. The van der Waals surface area contributed by atoms with Gasteiger partial charge < -0.3 is 10.2 Å². The normalized spacial score (nSPS) is 18.9. The first-order chi connectivity index (χ1) is 13.2. The van der Waals surface area contributed by atoms with Crippen molar-refractivity contribution in [3.8, 4) is 0 Å². The Kier molecular flexibility index (Phi) is 5.28. The van der Waals surface area contributed by atoms with E-state index in [1.807, 2.05) is 24.4 Å². The van der Waals surface area contributed by atoms with E-state index in [-0.39, 0.29) is 5.91 Å². The van der Waals surface area contributed by atoms with Crippen molar-refractivity contribution in [3.63, 3.8) is 0 Å². The Balaban J connectivity index is 1.34. The fraction of sp³-hybridized carbons (Fsp3) is 0.227. The average Bonchev–Trinajstić information content (AvgIpc) is 2.98. The van der Waals surface area contributed by atoms with E-state index in [9.17, 15) is 4.79 Å². The third-order valence-electron chi connectivity index (χ3n) is 4.96. The van der Waals surface area contributed by atoms with E-state index in [1.54, 1.807) is 6.07 Å². The molecule has 1 saturated heterocycles. The number of rotatable bonds is 4. The molecule has 1 amide bonds. The molecule has 27 heavy (non-hydrogen) atoms. The first-order valence-electron chi connectivity index (χ1n) is 9.20. The molecule has 0 atom stereocenters. The topological polar surface area (TPSA) is 35.6 Å². The Bertz CT molecular complexity index is 884. The highest BCUT2D eigenvalue weighted by molar-refractivity contribution is 6.34. The summed E-state index contributed by atoms with van der Waals surface area (Å²) in [7, 11) is 0. The van der Waals surface area contributed by atoms with E-state index < -0.39 is 0 Å². The highest BCUT2D eigenvalue weighted by Crippen LogP contribution is 2.34. The summed E-state index contributed by atoms with van der Waals surface area (Å²) in [6.45, 7) is 4.74. The molecule has 5 heteroatoms. The zero-order valence-electron chi connectivity index (χ0n) is 15.1. The molecule has 0 aromatic heterocycles. The maximum Gasteiger partial charge on any atom is 0.257 e. The lowest BCUT2D eigenvalue weighted by molar-refractivity contribution is -0.110. The van der Waals surface area contributed by atoms with E-state index in [4.69, 9.17) is 11.6 Å². The van der Waals surface area contributed by atoms with Crippen molar-refractivity contribution in [3.05, 3.63) is 77.0 Å². The number of piperazine rings is 1. The van der Waals surface area contributed by atoms with Crippen molar-refractivity contribution in [2.75, 3.05) is 38.0 Å². The van der Waals surface area contributed by atoms with Crippen LogP contribution in [0, 0.1) is 0 Å². The number of nitrogens with zero attached hydrogens (tertiary/aromatic N) is 2. The van der Waals surface area contributed by atoms with Crippen LogP contribution < -0.4 is 5.32 Å². The molecule has 0 unspecified atom stereocenters. The van der Waals surface area contributed by atoms with Gasteiger partial charge in [-0.3, -0.25) is 9.69 Å². The van der Waals surface area contributed by atoms with Crippen molar-refractivity contribution in [2.45, 2.75) is 0 Å². The number of amides is 1.